The number of carbonyl (C=O) groups excluding carboxylic acids is 1. The molecule has 2 aromatic heterocycles. The molecular weight excluding hydrogens is 346 g/mol. The molecule has 0 radical (unpaired) electrons. The fourth-order valence-electron chi connectivity index (χ4n) is 3.48. The maximum Gasteiger partial charge on any atom is 0.255 e. The van der Waals surface area contributed by atoms with Gasteiger partial charge in [-0.1, -0.05) is 25.1 Å². The number of hydrogen-bond donors (Lipinski definition) is 0. The molecule has 134 valence electrons. The SMILES string of the molecule is CC[C@H](c1nc(-c2csc(C)n2)nn1CC)N1Cc2ccccc2C1=O. The summed E-state index contributed by atoms with van der Waals surface area (Å²) in [6.07, 6.45) is 0.786. The zero-order valence-electron chi connectivity index (χ0n) is 15.1. The molecule has 0 N–H and O–H groups in total. The molecule has 0 spiro atoms. The first kappa shape index (κ1) is 16.9. The predicted octanol–water partition coefficient (Wildman–Crippen LogP) is 3.84. The molecule has 1 atom stereocenters. The van der Waals surface area contributed by atoms with Crippen LogP contribution in [-0.4, -0.2) is 30.6 Å². The maximum absolute atomic E-state index is 12.9. The lowest BCUT2D eigenvalue weighted by Crippen LogP contribution is -2.31. The Labute approximate surface area is 156 Å². The lowest BCUT2D eigenvalue weighted by molar-refractivity contribution is 0.0683. The van der Waals surface area contributed by atoms with E-state index in [9.17, 15) is 4.79 Å². The Morgan fingerprint density at radius 1 is 1.23 bits per heavy atom. The van der Waals surface area contributed by atoms with E-state index in [1.165, 1.54) is 0 Å². The molecule has 3 aromatic rings. The van der Waals surface area contributed by atoms with Gasteiger partial charge in [-0.3, -0.25) is 4.79 Å². The molecule has 1 aliphatic heterocycles. The smallest absolute Gasteiger partial charge is 0.255 e. The Bertz CT molecular complexity index is 961. The highest BCUT2D eigenvalue weighted by Gasteiger charge is 2.35. The van der Waals surface area contributed by atoms with Crippen LogP contribution in [0.3, 0.4) is 0 Å². The first-order valence-electron chi connectivity index (χ1n) is 8.88. The highest BCUT2D eigenvalue weighted by molar-refractivity contribution is 7.09. The van der Waals surface area contributed by atoms with Crippen molar-refractivity contribution in [3.8, 4) is 11.5 Å². The Morgan fingerprint density at radius 2 is 2.04 bits per heavy atom. The van der Waals surface area contributed by atoms with E-state index in [1.54, 1.807) is 11.3 Å². The van der Waals surface area contributed by atoms with Crippen molar-refractivity contribution < 1.29 is 4.79 Å². The molecule has 0 fully saturated rings. The second-order valence-corrected chi connectivity index (χ2v) is 7.44. The summed E-state index contributed by atoms with van der Waals surface area (Å²) in [7, 11) is 0. The molecular formula is C19H21N5OS. The van der Waals surface area contributed by atoms with Crippen molar-refractivity contribution in [2.45, 2.75) is 46.3 Å². The standard InChI is InChI=1S/C19H21N5OS/c1-4-16(23-10-13-8-6-7-9-14(13)19(23)25)18-21-17(22-24(18)5-2)15-11-26-12(3)20-15/h6-9,11,16H,4-5,10H2,1-3H3/t16-/m1/s1. The highest BCUT2D eigenvalue weighted by atomic mass is 32.1. The van der Waals surface area contributed by atoms with E-state index >= 15 is 0 Å². The molecule has 3 heterocycles. The highest BCUT2D eigenvalue weighted by Crippen LogP contribution is 2.33. The molecule has 6 nitrogen and oxygen atoms in total. The zero-order chi connectivity index (χ0) is 18.3. The van der Waals surface area contributed by atoms with Gasteiger partial charge >= 0.3 is 0 Å². The zero-order valence-corrected chi connectivity index (χ0v) is 16.0. The van der Waals surface area contributed by atoms with Crippen LogP contribution in [0.2, 0.25) is 0 Å². The number of rotatable bonds is 5. The van der Waals surface area contributed by atoms with Crippen molar-refractivity contribution >= 4 is 17.2 Å². The van der Waals surface area contributed by atoms with Crippen molar-refractivity contribution in [3.63, 3.8) is 0 Å². The van der Waals surface area contributed by atoms with Crippen molar-refractivity contribution in [3.05, 3.63) is 51.6 Å². The van der Waals surface area contributed by atoms with Crippen LogP contribution in [0, 0.1) is 6.92 Å². The van der Waals surface area contributed by atoms with E-state index in [0.29, 0.717) is 18.9 Å². The van der Waals surface area contributed by atoms with Crippen LogP contribution < -0.4 is 0 Å². The van der Waals surface area contributed by atoms with E-state index in [4.69, 9.17) is 4.98 Å². The molecule has 0 saturated carbocycles. The van der Waals surface area contributed by atoms with E-state index in [1.807, 2.05) is 53.1 Å². The minimum atomic E-state index is -0.101. The number of benzene rings is 1. The number of amides is 1. The van der Waals surface area contributed by atoms with E-state index in [2.05, 4.69) is 17.0 Å². The molecule has 0 bridgehead atoms. The third-order valence-electron chi connectivity index (χ3n) is 4.76. The lowest BCUT2D eigenvalue weighted by Gasteiger charge is -2.26. The average Bonchev–Trinajstić information content (AvgIpc) is 3.35. The van der Waals surface area contributed by atoms with Gasteiger partial charge in [-0.05, 0) is 31.9 Å². The lowest BCUT2D eigenvalue weighted by atomic mass is 10.1. The van der Waals surface area contributed by atoms with Gasteiger partial charge in [-0.25, -0.2) is 14.6 Å². The molecule has 0 unspecified atom stereocenters. The fourth-order valence-corrected chi connectivity index (χ4v) is 4.07. The summed E-state index contributed by atoms with van der Waals surface area (Å²) in [6, 6.07) is 7.72. The largest absolute Gasteiger partial charge is 0.324 e. The number of thiazole rings is 1. The third kappa shape index (κ3) is 2.72. The van der Waals surface area contributed by atoms with Gasteiger partial charge in [0.2, 0.25) is 5.82 Å². The molecule has 1 aromatic carbocycles. The number of nitrogens with zero attached hydrogens (tertiary/aromatic N) is 5. The number of hydrogen-bond acceptors (Lipinski definition) is 5. The minimum Gasteiger partial charge on any atom is -0.324 e. The van der Waals surface area contributed by atoms with Gasteiger partial charge in [0.15, 0.2) is 0 Å². The summed E-state index contributed by atoms with van der Waals surface area (Å²) in [5.41, 5.74) is 2.67. The number of fused-ring (bicyclic) bond motifs is 1. The summed E-state index contributed by atoms with van der Waals surface area (Å²) in [6.45, 7) is 7.43. The van der Waals surface area contributed by atoms with Crippen molar-refractivity contribution in [1.29, 1.82) is 0 Å². The quantitative estimate of drug-likeness (QED) is 0.687. The number of aromatic nitrogens is 4. The van der Waals surface area contributed by atoms with E-state index in [0.717, 1.165) is 34.1 Å². The van der Waals surface area contributed by atoms with E-state index < -0.39 is 0 Å². The van der Waals surface area contributed by atoms with Crippen LogP contribution in [0.25, 0.3) is 11.5 Å². The Balaban J connectivity index is 1.71. The molecule has 7 heteroatoms. The summed E-state index contributed by atoms with van der Waals surface area (Å²) >= 11 is 1.59. The van der Waals surface area contributed by atoms with Gasteiger partial charge in [-0.2, -0.15) is 0 Å². The third-order valence-corrected chi connectivity index (χ3v) is 5.53. The fraction of sp³-hybridized carbons (Fsp3) is 0.368. The predicted molar refractivity (Wildman–Crippen MR) is 101 cm³/mol. The summed E-state index contributed by atoms with van der Waals surface area (Å²) in [5, 5.41) is 7.61. The van der Waals surface area contributed by atoms with Crippen LogP contribution in [0.15, 0.2) is 29.6 Å². The van der Waals surface area contributed by atoms with Gasteiger partial charge in [0.1, 0.15) is 11.5 Å². The average molecular weight is 367 g/mol. The molecule has 0 aliphatic carbocycles. The van der Waals surface area contributed by atoms with Crippen molar-refractivity contribution in [2.75, 3.05) is 0 Å². The molecule has 1 amide bonds. The van der Waals surface area contributed by atoms with E-state index in [-0.39, 0.29) is 11.9 Å². The summed E-state index contributed by atoms with van der Waals surface area (Å²) in [5.74, 6) is 1.54. The number of aryl methyl sites for hydroxylation is 2. The first-order valence-corrected chi connectivity index (χ1v) is 9.76. The molecule has 4 rings (SSSR count). The maximum atomic E-state index is 12.9. The van der Waals surface area contributed by atoms with Crippen molar-refractivity contribution in [1.82, 2.24) is 24.6 Å². The minimum absolute atomic E-state index is 0.0733. The Hall–Kier alpha value is -2.54. The van der Waals surface area contributed by atoms with Crippen LogP contribution in [0.5, 0.6) is 0 Å². The van der Waals surface area contributed by atoms with Gasteiger partial charge in [-0.15, -0.1) is 16.4 Å². The molecule has 0 saturated heterocycles. The second-order valence-electron chi connectivity index (χ2n) is 6.38. The summed E-state index contributed by atoms with van der Waals surface area (Å²) < 4.78 is 1.90. The van der Waals surface area contributed by atoms with Crippen LogP contribution >= 0.6 is 11.3 Å². The van der Waals surface area contributed by atoms with Crippen molar-refractivity contribution in [2.24, 2.45) is 0 Å². The van der Waals surface area contributed by atoms with Crippen LogP contribution in [0.4, 0.5) is 0 Å². The topological polar surface area (TPSA) is 63.9 Å². The second kappa shape index (κ2) is 6.64. The van der Waals surface area contributed by atoms with Gasteiger partial charge in [0.05, 0.1) is 11.0 Å². The Kier molecular flexibility index (Phi) is 4.32. The van der Waals surface area contributed by atoms with Gasteiger partial charge in [0, 0.05) is 24.0 Å². The molecule has 26 heavy (non-hydrogen) atoms. The first-order chi connectivity index (χ1) is 12.6. The monoisotopic (exact) mass is 367 g/mol. The van der Waals surface area contributed by atoms with Crippen LogP contribution in [-0.2, 0) is 13.1 Å². The van der Waals surface area contributed by atoms with Gasteiger partial charge in [0.25, 0.3) is 5.91 Å². The molecule has 1 aliphatic rings. The Morgan fingerprint density at radius 3 is 2.69 bits per heavy atom. The normalized spacial score (nSPS) is 14.7. The number of carbonyl (C=O) groups is 1. The van der Waals surface area contributed by atoms with Gasteiger partial charge < -0.3 is 4.90 Å². The van der Waals surface area contributed by atoms with Crippen LogP contribution in [0.1, 0.15) is 53.1 Å². The summed E-state index contributed by atoms with van der Waals surface area (Å²) in [4.78, 5) is 24.1.